The fraction of sp³-hybridized carbons (Fsp3) is 0.389. The molecule has 7 heteroatoms. The maximum atomic E-state index is 5.59. The summed E-state index contributed by atoms with van der Waals surface area (Å²) in [6, 6.07) is 7.70. The van der Waals surface area contributed by atoms with Gasteiger partial charge in [-0.15, -0.1) is 24.0 Å². The third kappa shape index (κ3) is 5.84. The van der Waals surface area contributed by atoms with E-state index in [0.717, 1.165) is 22.8 Å². The van der Waals surface area contributed by atoms with Gasteiger partial charge in [-0.25, -0.2) is 0 Å². The summed E-state index contributed by atoms with van der Waals surface area (Å²) in [6.07, 6.45) is 0. The number of furan rings is 1. The van der Waals surface area contributed by atoms with Crippen LogP contribution in [0.25, 0.3) is 0 Å². The second-order valence-corrected chi connectivity index (χ2v) is 5.29. The molecule has 1 aromatic heterocycles. The summed E-state index contributed by atoms with van der Waals surface area (Å²) in [5, 5.41) is 6.52. The van der Waals surface area contributed by atoms with Gasteiger partial charge in [-0.3, -0.25) is 4.99 Å². The van der Waals surface area contributed by atoms with Crippen LogP contribution in [-0.2, 0) is 6.54 Å². The maximum Gasteiger partial charge on any atom is 0.195 e. The Hall–Kier alpha value is -1.90. The average molecular weight is 459 g/mol. The highest BCUT2D eigenvalue weighted by atomic mass is 127. The third-order valence-electron chi connectivity index (χ3n) is 3.54. The molecule has 0 saturated heterocycles. The number of methoxy groups -OCH3 is 1. The van der Waals surface area contributed by atoms with Gasteiger partial charge in [-0.2, -0.15) is 0 Å². The molecule has 2 N–H and O–H groups in total. The molecule has 0 aliphatic rings. The molecule has 25 heavy (non-hydrogen) atoms. The summed E-state index contributed by atoms with van der Waals surface area (Å²) in [5.74, 6) is 3.89. The monoisotopic (exact) mass is 459 g/mol. The van der Waals surface area contributed by atoms with E-state index in [2.05, 4.69) is 15.6 Å². The van der Waals surface area contributed by atoms with E-state index in [4.69, 9.17) is 13.9 Å². The van der Waals surface area contributed by atoms with Crippen molar-refractivity contribution < 1.29 is 13.9 Å². The Morgan fingerprint density at radius 1 is 1.20 bits per heavy atom. The first kappa shape index (κ1) is 21.1. The Morgan fingerprint density at radius 2 is 1.96 bits per heavy atom. The van der Waals surface area contributed by atoms with E-state index in [-0.39, 0.29) is 24.0 Å². The summed E-state index contributed by atoms with van der Waals surface area (Å²) in [4.78, 5) is 4.24. The lowest BCUT2D eigenvalue weighted by atomic mass is 10.2. The van der Waals surface area contributed by atoms with Gasteiger partial charge in [0.15, 0.2) is 17.5 Å². The van der Waals surface area contributed by atoms with Gasteiger partial charge in [-0.05, 0) is 39.0 Å². The Labute approximate surface area is 166 Å². The molecule has 2 aromatic rings. The molecular formula is C18H26IN3O3. The molecule has 2 rings (SSSR count). The number of ether oxygens (including phenoxy) is 2. The predicted octanol–water partition coefficient (Wildman–Crippen LogP) is 4.11. The molecule has 138 valence electrons. The zero-order valence-electron chi connectivity index (χ0n) is 15.3. The van der Waals surface area contributed by atoms with Crippen LogP contribution in [0.15, 0.2) is 33.7 Å². The van der Waals surface area contributed by atoms with Crippen LogP contribution in [-0.4, -0.2) is 26.7 Å². The number of guanidine groups is 1. The molecule has 0 atom stereocenters. The fourth-order valence-corrected chi connectivity index (χ4v) is 2.38. The van der Waals surface area contributed by atoms with Crippen LogP contribution in [0.1, 0.15) is 24.0 Å². The molecule has 1 heterocycles. The number of hydrogen-bond donors (Lipinski definition) is 2. The number of halogens is 1. The lowest BCUT2D eigenvalue weighted by Crippen LogP contribution is -2.30. The molecule has 0 fully saturated rings. The van der Waals surface area contributed by atoms with Gasteiger partial charge in [0.05, 0.1) is 13.7 Å². The van der Waals surface area contributed by atoms with Gasteiger partial charge in [-0.1, -0.05) is 0 Å². The summed E-state index contributed by atoms with van der Waals surface area (Å²) >= 11 is 0. The Morgan fingerprint density at radius 3 is 2.52 bits per heavy atom. The van der Waals surface area contributed by atoms with E-state index < -0.39 is 0 Å². The maximum absolute atomic E-state index is 5.59. The first-order valence-electron chi connectivity index (χ1n) is 7.91. The van der Waals surface area contributed by atoms with Crippen molar-refractivity contribution in [2.24, 2.45) is 4.99 Å². The number of benzene rings is 1. The number of rotatable bonds is 6. The Kier molecular flexibility index (Phi) is 8.60. The minimum atomic E-state index is 0. The zero-order valence-corrected chi connectivity index (χ0v) is 17.6. The first-order chi connectivity index (χ1) is 11.6. The number of aliphatic imine (C=N–C) groups is 1. The molecule has 0 radical (unpaired) electrons. The van der Waals surface area contributed by atoms with Gasteiger partial charge in [0.2, 0.25) is 0 Å². The van der Waals surface area contributed by atoms with Gasteiger partial charge in [0.25, 0.3) is 0 Å². The number of aryl methyl sites for hydroxylation is 2. The first-order valence-corrected chi connectivity index (χ1v) is 7.91. The van der Waals surface area contributed by atoms with Crippen LogP contribution in [0.4, 0.5) is 5.69 Å². The van der Waals surface area contributed by atoms with Gasteiger partial charge in [0, 0.05) is 30.9 Å². The van der Waals surface area contributed by atoms with Crippen molar-refractivity contribution in [3.63, 3.8) is 0 Å². The minimum absolute atomic E-state index is 0. The van der Waals surface area contributed by atoms with E-state index in [9.17, 15) is 0 Å². The molecule has 0 aliphatic carbocycles. The summed E-state index contributed by atoms with van der Waals surface area (Å²) in [7, 11) is 3.36. The van der Waals surface area contributed by atoms with Crippen LogP contribution < -0.4 is 20.1 Å². The van der Waals surface area contributed by atoms with Crippen molar-refractivity contribution in [3.8, 4) is 11.5 Å². The van der Waals surface area contributed by atoms with Gasteiger partial charge < -0.3 is 24.5 Å². The van der Waals surface area contributed by atoms with Crippen LogP contribution >= 0.6 is 24.0 Å². The smallest absolute Gasteiger partial charge is 0.195 e. The summed E-state index contributed by atoms with van der Waals surface area (Å²) < 4.78 is 16.4. The highest BCUT2D eigenvalue weighted by molar-refractivity contribution is 14.0. The number of anilines is 1. The number of nitrogens with zero attached hydrogens (tertiary/aromatic N) is 1. The molecule has 0 saturated carbocycles. The van der Waals surface area contributed by atoms with Crippen molar-refractivity contribution in [1.82, 2.24) is 5.32 Å². The number of hydrogen-bond acceptors (Lipinski definition) is 4. The minimum Gasteiger partial charge on any atom is -0.493 e. The molecule has 0 amide bonds. The second-order valence-electron chi connectivity index (χ2n) is 5.29. The van der Waals surface area contributed by atoms with Crippen molar-refractivity contribution >= 4 is 35.6 Å². The third-order valence-corrected chi connectivity index (χ3v) is 3.54. The molecule has 6 nitrogen and oxygen atoms in total. The standard InChI is InChI=1S/C18H25N3O3.HI/c1-6-23-17-10-15(7-8-16(17)22-5)21-18(19-4)20-11-14-9-12(2)24-13(14)3;/h7-10H,6,11H2,1-5H3,(H2,19,20,21);1H. The van der Waals surface area contributed by atoms with E-state index in [1.165, 1.54) is 0 Å². The van der Waals surface area contributed by atoms with Crippen molar-refractivity contribution in [3.05, 3.63) is 41.3 Å². The van der Waals surface area contributed by atoms with Crippen LogP contribution in [0.3, 0.4) is 0 Å². The van der Waals surface area contributed by atoms with Crippen LogP contribution in [0.2, 0.25) is 0 Å². The van der Waals surface area contributed by atoms with Crippen LogP contribution in [0.5, 0.6) is 11.5 Å². The summed E-state index contributed by atoms with van der Waals surface area (Å²) in [5.41, 5.74) is 1.98. The van der Waals surface area contributed by atoms with E-state index in [1.54, 1.807) is 14.2 Å². The summed E-state index contributed by atoms with van der Waals surface area (Å²) in [6.45, 7) is 7.05. The van der Waals surface area contributed by atoms with Gasteiger partial charge >= 0.3 is 0 Å². The van der Waals surface area contributed by atoms with E-state index in [1.807, 2.05) is 45.0 Å². The zero-order chi connectivity index (χ0) is 17.5. The number of nitrogens with one attached hydrogen (secondary N) is 2. The Bertz CT molecular complexity index is 714. The van der Waals surface area contributed by atoms with Gasteiger partial charge in [0.1, 0.15) is 11.5 Å². The lowest BCUT2D eigenvalue weighted by molar-refractivity contribution is 0.311. The van der Waals surface area contributed by atoms with Crippen LogP contribution in [0, 0.1) is 13.8 Å². The van der Waals surface area contributed by atoms with E-state index in [0.29, 0.717) is 30.6 Å². The quantitative estimate of drug-likeness (QED) is 0.387. The predicted molar refractivity (Wildman–Crippen MR) is 112 cm³/mol. The topological polar surface area (TPSA) is 68.0 Å². The fourth-order valence-electron chi connectivity index (χ4n) is 2.38. The molecular weight excluding hydrogens is 433 g/mol. The van der Waals surface area contributed by atoms with E-state index >= 15 is 0 Å². The highest BCUT2D eigenvalue weighted by Gasteiger charge is 2.08. The molecule has 0 spiro atoms. The second kappa shape index (κ2) is 10.2. The highest BCUT2D eigenvalue weighted by Crippen LogP contribution is 2.30. The van der Waals surface area contributed by atoms with Crippen molar-refractivity contribution in [1.29, 1.82) is 0 Å². The Balaban J connectivity index is 0.00000312. The lowest BCUT2D eigenvalue weighted by Gasteiger charge is -2.14. The molecule has 1 aromatic carbocycles. The molecule has 0 bridgehead atoms. The van der Waals surface area contributed by atoms with Crippen molar-refractivity contribution in [2.75, 3.05) is 26.1 Å². The SMILES string of the molecule is CCOc1cc(NC(=NC)NCc2cc(C)oc2C)ccc1OC.I. The largest absolute Gasteiger partial charge is 0.493 e. The average Bonchev–Trinajstić information content (AvgIpc) is 2.89. The molecule has 0 unspecified atom stereocenters. The van der Waals surface area contributed by atoms with Crippen molar-refractivity contribution in [2.45, 2.75) is 27.3 Å². The molecule has 0 aliphatic heterocycles. The normalized spacial score (nSPS) is 10.8.